The lowest BCUT2D eigenvalue weighted by Crippen LogP contribution is -2.47. The Kier molecular flexibility index (Phi) is 5.41. The highest BCUT2D eigenvalue weighted by molar-refractivity contribution is 7.98. The van der Waals surface area contributed by atoms with E-state index in [9.17, 15) is 4.79 Å². The monoisotopic (exact) mass is 382 g/mol. The van der Waals surface area contributed by atoms with E-state index in [0.29, 0.717) is 24.8 Å². The van der Waals surface area contributed by atoms with Crippen LogP contribution in [0.4, 0.5) is 0 Å². The van der Waals surface area contributed by atoms with E-state index in [1.54, 1.807) is 11.8 Å². The molecule has 2 heterocycles. The molecular weight excluding hydrogens is 356 g/mol. The fourth-order valence-electron chi connectivity index (χ4n) is 4.08. The summed E-state index contributed by atoms with van der Waals surface area (Å²) in [7, 11) is 0. The number of benzene rings is 2. The number of fused-ring (bicyclic) bond motifs is 2. The molecule has 27 heavy (non-hydrogen) atoms. The van der Waals surface area contributed by atoms with E-state index in [1.807, 2.05) is 12.3 Å². The molecule has 0 spiro atoms. The van der Waals surface area contributed by atoms with Gasteiger partial charge in [0.05, 0.1) is 12.2 Å². The molecule has 0 saturated heterocycles. The van der Waals surface area contributed by atoms with Crippen LogP contribution in [-0.2, 0) is 19.4 Å². The van der Waals surface area contributed by atoms with Gasteiger partial charge in [-0.3, -0.25) is 9.69 Å². The fraction of sp³-hybridized carbons (Fsp3) is 0.409. The molecule has 0 aromatic heterocycles. The molecule has 1 N–H and O–H groups in total. The van der Waals surface area contributed by atoms with Gasteiger partial charge in [-0.1, -0.05) is 31.2 Å². The van der Waals surface area contributed by atoms with Gasteiger partial charge >= 0.3 is 0 Å². The molecule has 0 fully saturated rings. The van der Waals surface area contributed by atoms with E-state index in [1.165, 1.54) is 11.1 Å². The zero-order valence-corrected chi connectivity index (χ0v) is 16.8. The molecule has 1 atom stereocenters. The first-order valence-corrected chi connectivity index (χ1v) is 10.8. The molecule has 2 aliphatic rings. The number of ether oxygens (including phenoxy) is 1. The molecule has 1 amide bonds. The van der Waals surface area contributed by atoms with Crippen molar-refractivity contribution in [3.63, 3.8) is 0 Å². The van der Waals surface area contributed by atoms with E-state index in [0.717, 1.165) is 42.1 Å². The van der Waals surface area contributed by atoms with Crippen LogP contribution in [0.5, 0.6) is 5.75 Å². The summed E-state index contributed by atoms with van der Waals surface area (Å²) in [6.45, 7) is 5.43. The van der Waals surface area contributed by atoms with Crippen LogP contribution in [0, 0.1) is 0 Å². The summed E-state index contributed by atoms with van der Waals surface area (Å²) < 4.78 is 5.75. The quantitative estimate of drug-likeness (QED) is 0.804. The number of amides is 1. The Morgan fingerprint density at radius 2 is 2.07 bits per heavy atom. The maximum absolute atomic E-state index is 12.9. The third-order valence-corrected chi connectivity index (χ3v) is 6.31. The minimum Gasteiger partial charge on any atom is -0.492 e. The molecule has 0 aliphatic carbocycles. The normalized spacial score (nSPS) is 18.5. The third kappa shape index (κ3) is 3.71. The molecule has 0 radical (unpaired) electrons. The highest BCUT2D eigenvalue weighted by Crippen LogP contribution is 2.34. The first-order valence-electron chi connectivity index (χ1n) is 9.62. The molecular formula is C22H26N2O2S. The van der Waals surface area contributed by atoms with E-state index >= 15 is 0 Å². The number of nitrogens with one attached hydrogen (secondary N) is 1. The predicted octanol–water partition coefficient (Wildman–Crippen LogP) is 3.52. The summed E-state index contributed by atoms with van der Waals surface area (Å²) in [5.41, 5.74) is 4.62. The van der Waals surface area contributed by atoms with Gasteiger partial charge in [0.25, 0.3) is 5.91 Å². The second-order valence-corrected chi connectivity index (χ2v) is 8.04. The van der Waals surface area contributed by atoms with Gasteiger partial charge in [0.1, 0.15) is 5.75 Å². The van der Waals surface area contributed by atoms with E-state index in [2.05, 4.69) is 47.5 Å². The molecule has 4 rings (SSSR count). The number of thioether (sulfide) groups is 1. The van der Waals surface area contributed by atoms with Gasteiger partial charge in [0.2, 0.25) is 0 Å². The van der Waals surface area contributed by atoms with Crippen LogP contribution in [0.25, 0.3) is 0 Å². The van der Waals surface area contributed by atoms with Crippen LogP contribution in [-0.4, -0.2) is 42.8 Å². The summed E-state index contributed by atoms with van der Waals surface area (Å²) in [6.07, 6.45) is 3.90. The minimum atomic E-state index is -0.0287. The maximum Gasteiger partial charge on any atom is 0.255 e. The standard InChI is InChI=1S/C22H26N2O2S/c1-3-24-14-17-7-5-4-6-15(17)10-18(24)13-23-22(25)20-12-19(27-2)11-16-8-9-26-21(16)20/h4-7,11-12,18H,3,8-10,13-14H2,1-2H3,(H,23,25)/t18-/m0/s1. The maximum atomic E-state index is 12.9. The molecule has 142 valence electrons. The van der Waals surface area contributed by atoms with Gasteiger partial charge in [-0.05, 0) is 48.0 Å². The van der Waals surface area contributed by atoms with Crippen molar-refractivity contribution in [2.45, 2.75) is 37.2 Å². The second kappa shape index (κ2) is 7.95. The van der Waals surface area contributed by atoms with Gasteiger partial charge in [0.15, 0.2) is 0 Å². The van der Waals surface area contributed by atoms with Crippen molar-refractivity contribution in [2.75, 3.05) is 26.0 Å². The topological polar surface area (TPSA) is 41.6 Å². The zero-order chi connectivity index (χ0) is 18.8. The number of rotatable bonds is 5. The van der Waals surface area contributed by atoms with Crippen molar-refractivity contribution in [2.24, 2.45) is 0 Å². The predicted molar refractivity (Wildman–Crippen MR) is 110 cm³/mol. The smallest absolute Gasteiger partial charge is 0.255 e. The molecule has 2 aliphatic heterocycles. The van der Waals surface area contributed by atoms with Gasteiger partial charge in [-0.25, -0.2) is 0 Å². The number of nitrogens with zero attached hydrogens (tertiary/aromatic N) is 1. The van der Waals surface area contributed by atoms with Crippen LogP contribution in [0.15, 0.2) is 41.3 Å². The molecule has 2 aromatic carbocycles. The molecule has 0 unspecified atom stereocenters. The third-order valence-electron chi connectivity index (χ3n) is 5.61. The Labute approximate surface area is 165 Å². The minimum absolute atomic E-state index is 0.0287. The number of carbonyl (C=O) groups excluding carboxylic acids is 1. The molecule has 5 heteroatoms. The molecule has 4 nitrogen and oxygen atoms in total. The van der Waals surface area contributed by atoms with E-state index < -0.39 is 0 Å². The first kappa shape index (κ1) is 18.4. The van der Waals surface area contributed by atoms with Crippen molar-refractivity contribution < 1.29 is 9.53 Å². The van der Waals surface area contributed by atoms with Gasteiger partial charge in [0, 0.05) is 30.4 Å². The van der Waals surface area contributed by atoms with Crippen LogP contribution in [0.3, 0.4) is 0 Å². The Morgan fingerprint density at radius 1 is 1.26 bits per heavy atom. The number of likely N-dealkylation sites (N-methyl/N-ethyl adjacent to an activating group) is 1. The highest BCUT2D eigenvalue weighted by Gasteiger charge is 2.27. The first-order chi connectivity index (χ1) is 13.2. The Hall–Kier alpha value is -1.98. The fourth-order valence-corrected chi connectivity index (χ4v) is 4.58. The Balaban J connectivity index is 1.49. The van der Waals surface area contributed by atoms with Crippen molar-refractivity contribution >= 4 is 17.7 Å². The summed E-state index contributed by atoms with van der Waals surface area (Å²) in [5.74, 6) is 0.741. The lowest BCUT2D eigenvalue weighted by atomic mass is 9.94. The van der Waals surface area contributed by atoms with Gasteiger partial charge in [-0.15, -0.1) is 11.8 Å². The summed E-state index contributed by atoms with van der Waals surface area (Å²) in [4.78, 5) is 16.5. The van der Waals surface area contributed by atoms with E-state index in [4.69, 9.17) is 4.74 Å². The van der Waals surface area contributed by atoms with Crippen LogP contribution < -0.4 is 10.1 Å². The van der Waals surface area contributed by atoms with Gasteiger partial charge < -0.3 is 10.1 Å². The van der Waals surface area contributed by atoms with Crippen LogP contribution >= 0.6 is 11.8 Å². The zero-order valence-electron chi connectivity index (χ0n) is 16.0. The lowest BCUT2D eigenvalue weighted by molar-refractivity contribution is 0.0924. The van der Waals surface area contributed by atoms with Gasteiger partial charge in [-0.2, -0.15) is 0 Å². The number of hydrogen-bond donors (Lipinski definition) is 1. The summed E-state index contributed by atoms with van der Waals surface area (Å²) in [6, 6.07) is 13.0. The Morgan fingerprint density at radius 3 is 2.85 bits per heavy atom. The van der Waals surface area contributed by atoms with Crippen molar-refractivity contribution in [3.05, 3.63) is 58.7 Å². The average molecular weight is 383 g/mol. The SMILES string of the molecule is CCN1Cc2ccccc2C[C@H]1CNC(=O)c1cc(SC)cc2c1OCC2. The number of hydrogen-bond acceptors (Lipinski definition) is 4. The molecule has 0 saturated carbocycles. The van der Waals surface area contributed by atoms with Crippen molar-refractivity contribution in [1.82, 2.24) is 10.2 Å². The summed E-state index contributed by atoms with van der Waals surface area (Å²) in [5, 5.41) is 3.17. The number of carbonyl (C=O) groups is 1. The van der Waals surface area contributed by atoms with Crippen molar-refractivity contribution in [1.29, 1.82) is 0 Å². The molecule has 2 aromatic rings. The highest BCUT2D eigenvalue weighted by atomic mass is 32.2. The largest absolute Gasteiger partial charge is 0.492 e. The van der Waals surface area contributed by atoms with Crippen LogP contribution in [0.1, 0.15) is 34.0 Å². The molecule has 0 bridgehead atoms. The average Bonchev–Trinajstić information content (AvgIpc) is 3.19. The summed E-state index contributed by atoms with van der Waals surface area (Å²) >= 11 is 1.67. The lowest BCUT2D eigenvalue weighted by Gasteiger charge is -2.36. The Bertz CT molecular complexity index is 852. The second-order valence-electron chi connectivity index (χ2n) is 7.16. The van der Waals surface area contributed by atoms with E-state index in [-0.39, 0.29) is 5.91 Å². The van der Waals surface area contributed by atoms with Crippen molar-refractivity contribution in [3.8, 4) is 5.75 Å². The van der Waals surface area contributed by atoms with Crippen LogP contribution in [0.2, 0.25) is 0 Å².